The number of nitrogens with one attached hydrogen (secondary N) is 2. The van der Waals surface area contributed by atoms with E-state index in [9.17, 15) is 10.1 Å². The molecule has 0 aromatic carbocycles. The molecule has 7 nitrogen and oxygen atoms in total. The van der Waals surface area contributed by atoms with Crippen LogP contribution in [0.15, 0.2) is 12.1 Å². The Morgan fingerprint density at radius 1 is 1.45 bits per heavy atom. The average molecular weight is 282 g/mol. The Kier molecular flexibility index (Phi) is 6.17. The lowest BCUT2D eigenvalue weighted by Crippen LogP contribution is -2.31. The molecule has 7 heteroatoms. The van der Waals surface area contributed by atoms with E-state index in [1.54, 1.807) is 13.2 Å². The summed E-state index contributed by atoms with van der Waals surface area (Å²) in [5.41, 5.74) is -0.0339. The first-order chi connectivity index (χ1) is 9.49. The Morgan fingerprint density at radius 3 is 2.65 bits per heavy atom. The monoisotopic (exact) mass is 282 g/mol. The van der Waals surface area contributed by atoms with Gasteiger partial charge in [-0.2, -0.15) is 0 Å². The smallest absolute Gasteiger partial charge is 0.311 e. The van der Waals surface area contributed by atoms with E-state index in [-0.39, 0.29) is 23.5 Å². The summed E-state index contributed by atoms with van der Waals surface area (Å²) in [6.45, 7) is 7.16. The molecule has 0 radical (unpaired) electrons. The molecule has 0 bridgehead atoms. The molecule has 0 saturated carbocycles. The Labute approximate surface area is 118 Å². The number of nitro groups is 1. The summed E-state index contributed by atoms with van der Waals surface area (Å²) in [6.07, 6.45) is 0. The summed E-state index contributed by atoms with van der Waals surface area (Å²) in [4.78, 5) is 14.9. The summed E-state index contributed by atoms with van der Waals surface area (Å²) < 4.78 is 5.14. The maximum Gasteiger partial charge on any atom is 0.311 e. The van der Waals surface area contributed by atoms with E-state index in [4.69, 9.17) is 4.74 Å². The average Bonchev–Trinajstić information content (AvgIpc) is 2.38. The minimum Gasteiger partial charge on any atom is -0.383 e. The number of anilines is 2. The maximum atomic E-state index is 11.1. The molecular formula is C13H22N4O3. The summed E-state index contributed by atoms with van der Waals surface area (Å²) in [6, 6.07) is 3.02. The highest BCUT2D eigenvalue weighted by atomic mass is 16.6. The van der Waals surface area contributed by atoms with Crippen LogP contribution in [0.25, 0.3) is 0 Å². The van der Waals surface area contributed by atoms with Crippen molar-refractivity contribution >= 4 is 17.3 Å². The van der Waals surface area contributed by atoms with Gasteiger partial charge in [0, 0.05) is 19.7 Å². The van der Waals surface area contributed by atoms with Crippen LogP contribution >= 0.6 is 0 Å². The van der Waals surface area contributed by atoms with Gasteiger partial charge >= 0.3 is 5.69 Å². The summed E-state index contributed by atoms with van der Waals surface area (Å²) in [7, 11) is 1.61. The first-order valence-electron chi connectivity index (χ1n) is 6.64. The summed E-state index contributed by atoms with van der Waals surface area (Å²) in [5, 5.41) is 17.2. The zero-order valence-corrected chi connectivity index (χ0v) is 12.3. The van der Waals surface area contributed by atoms with Crippen molar-refractivity contribution in [3.05, 3.63) is 22.2 Å². The number of ether oxygens (including phenoxy) is 1. The van der Waals surface area contributed by atoms with Crippen LogP contribution in [-0.4, -0.2) is 36.2 Å². The lowest BCUT2D eigenvalue weighted by Gasteiger charge is -2.22. The van der Waals surface area contributed by atoms with Gasteiger partial charge in [0.2, 0.25) is 5.82 Å². The van der Waals surface area contributed by atoms with Gasteiger partial charge in [0.25, 0.3) is 0 Å². The van der Waals surface area contributed by atoms with Crippen molar-refractivity contribution in [3.63, 3.8) is 0 Å². The van der Waals surface area contributed by atoms with Gasteiger partial charge in [-0.05, 0) is 18.9 Å². The second kappa shape index (κ2) is 7.64. The van der Waals surface area contributed by atoms with Gasteiger partial charge in [0.05, 0.1) is 17.6 Å². The second-order valence-corrected chi connectivity index (χ2v) is 4.80. The van der Waals surface area contributed by atoms with Crippen LogP contribution in [0.3, 0.4) is 0 Å². The topological polar surface area (TPSA) is 89.3 Å². The van der Waals surface area contributed by atoms with Crippen LogP contribution in [-0.2, 0) is 4.74 Å². The largest absolute Gasteiger partial charge is 0.383 e. The number of hydrogen-bond acceptors (Lipinski definition) is 6. The Bertz CT molecular complexity index is 451. The molecule has 0 aliphatic carbocycles. The maximum absolute atomic E-state index is 11.1. The summed E-state index contributed by atoms with van der Waals surface area (Å²) >= 11 is 0. The van der Waals surface area contributed by atoms with E-state index in [1.807, 2.05) is 20.8 Å². The van der Waals surface area contributed by atoms with E-state index in [0.717, 1.165) is 0 Å². The fraction of sp³-hybridized carbons (Fsp3) is 0.615. The molecule has 0 aliphatic rings. The van der Waals surface area contributed by atoms with Gasteiger partial charge < -0.3 is 15.4 Å². The molecule has 1 rings (SSSR count). The minimum absolute atomic E-state index is 0.0339. The number of rotatable bonds is 8. The van der Waals surface area contributed by atoms with Gasteiger partial charge in [-0.25, -0.2) is 4.98 Å². The molecule has 20 heavy (non-hydrogen) atoms. The van der Waals surface area contributed by atoms with E-state index < -0.39 is 4.92 Å². The third kappa shape index (κ3) is 4.34. The van der Waals surface area contributed by atoms with E-state index in [1.165, 1.54) is 6.07 Å². The Balaban J connectivity index is 3.04. The van der Waals surface area contributed by atoms with Crippen molar-refractivity contribution in [1.82, 2.24) is 4.98 Å². The van der Waals surface area contributed by atoms with Gasteiger partial charge in [0.15, 0.2) is 0 Å². The minimum atomic E-state index is -0.435. The number of hydrogen-bond donors (Lipinski definition) is 2. The second-order valence-electron chi connectivity index (χ2n) is 4.80. The fourth-order valence-electron chi connectivity index (χ4n) is 1.74. The van der Waals surface area contributed by atoms with E-state index in [0.29, 0.717) is 19.0 Å². The van der Waals surface area contributed by atoms with Crippen molar-refractivity contribution in [2.45, 2.75) is 26.8 Å². The van der Waals surface area contributed by atoms with Gasteiger partial charge in [-0.15, -0.1) is 0 Å². The van der Waals surface area contributed by atoms with E-state index >= 15 is 0 Å². The lowest BCUT2D eigenvalue weighted by atomic mass is 10.1. The standard InChI is InChI=1S/C13H22N4O3/c1-5-14-12-7-6-11(17(18)19)13(16-12)15-10(8-20-4)9(2)3/h6-7,9-10H,5,8H2,1-4H3,(H2,14,15,16). The number of methoxy groups -OCH3 is 1. The summed E-state index contributed by atoms with van der Waals surface area (Å²) in [5.74, 6) is 1.14. The van der Waals surface area contributed by atoms with Crippen LogP contribution in [0.5, 0.6) is 0 Å². The van der Waals surface area contributed by atoms with Crippen molar-refractivity contribution in [1.29, 1.82) is 0 Å². The van der Waals surface area contributed by atoms with Crippen LogP contribution in [0.2, 0.25) is 0 Å². The van der Waals surface area contributed by atoms with Crippen molar-refractivity contribution in [2.24, 2.45) is 5.92 Å². The van der Waals surface area contributed by atoms with Crippen molar-refractivity contribution in [3.8, 4) is 0 Å². The highest BCUT2D eigenvalue weighted by Crippen LogP contribution is 2.25. The molecule has 0 amide bonds. The zero-order chi connectivity index (χ0) is 15.1. The molecule has 1 heterocycles. The third-order valence-electron chi connectivity index (χ3n) is 2.90. The van der Waals surface area contributed by atoms with Crippen LogP contribution in [0.1, 0.15) is 20.8 Å². The first-order valence-corrected chi connectivity index (χ1v) is 6.64. The van der Waals surface area contributed by atoms with Crippen molar-refractivity contribution in [2.75, 3.05) is 30.9 Å². The van der Waals surface area contributed by atoms with E-state index in [2.05, 4.69) is 15.6 Å². The number of aromatic nitrogens is 1. The SMILES string of the molecule is CCNc1ccc([N+](=O)[O-])c(NC(COC)C(C)C)n1. The molecule has 1 unspecified atom stereocenters. The van der Waals surface area contributed by atoms with Gasteiger partial charge in [0.1, 0.15) is 5.82 Å². The molecule has 1 atom stereocenters. The molecule has 1 aromatic rings. The zero-order valence-electron chi connectivity index (χ0n) is 12.3. The molecule has 0 fully saturated rings. The highest BCUT2D eigenvalue weighted by Gasteiger charge is 2.21. The molecule has 2 N–H and O–H groups in total. The van der Waals surface area contributed by atoms with Crippen molar-refractivity contribution < 1.29 is 9.66 Å². The molecule has 0 saturated heterocycles. The molecule has 0 aliphatic heterocycles. The molecule has 1 aromatic heterocycles. The third-order valence-corrected chi connectivity index (χ3v) is 2.90. The predicted molar refractivity (Wildman–Crippen MR) is 79.2 cm³/mol. The fourth-order valence-corrected chi connectivity index (χ4v) is 1.74. The van der Waals surface area contributed by atoms with Gasteiger partial charge in [-0.3, -0.25) is 10.1 Å². The molecule has 112 valence electrons. The van der Waals surface area contributed by atoms with Crippen LogP contribution < -0.4 is 10.6 Å². The number of nitrogens with zero attached hydrogens (tertiary/aromatic N) is 2. The first kappa shape index (κ1) is 16.2. The Hall–Kier alpha value is -1.89. The lowest BCUT2D eigenvalue weighted by molar-refractivity contribution is -0.384. The quantitative estimate of drug-likeness (QED) is 0.562. The van der Waals surface area contributed by atoms with Crippen LogP contribution in [0, 0.1) is 16.0 Å². The van der Waals surface area contributed by atoms with Gasteiger partial charge in [-0.1, -0.05) is 13.8 Å². The normalized spacial score (nSPS) is 12.2. The van der Waals surface area contributed by atoms with Crippen LogP contribution in [0.4, 0.5) is 17.3 Å². The Morgan fingerprint density at radius 2 is 2.15 bits per heavy atom. The predicted octanol–water partition coefficient (Wildman–Crippen LogP) is 2.50. The molecular weight excluding hydrogens is 260 g/mol. The number of pyridine rings is 1. The highest BCUT2D eigenvalue weighted by molar-refractivity contribution is 5.60. The molecule has 0 spiro atoms.